The van der Waals surface area contributed by atoms with E-state index in [1.165, 1.54) is 22.5 Å². The Balaban J connectivity index is 2.46. The van der Waals surface area contributed by atoms with Gasteiger partial charge in [-0.05, 0) is 0 Å². The number of rotatable bonds is 6. The third kappa shape index (κ3) is 4.25. The van der Waals surface area contributed by atoms with Gasteiger partial charge in [-0.15, -0.1) is 0 Å². The average molecular weight is 326 g/mol. The van der Waals surface area contributed by atoms with E-state index in [1.807, 2.05) is 12.4 Å². The molecule has 1 aromatic heterocycles. The van der Waals surface area contributed by atoms with Crippen LogP contribution in [-0.4, -0.2) is 70.6 Å². The fourth-order valence-electron chi connectivity index (χ4n) is 1.46. The SMILES string of the molecule is CCN(CC)CCN(C)c1cn[c]([Sn])cn1. The normalized spacial score (nSPS) is 10.8. The first-order chi connectivity index (χ1) is 7.67. The molecule has 0 spiro atoms. The summed E-state index contributed by atoms with van der Waals surface area (Å²) in [5.74, 6) is 0.957. The van der Waals surface area contributed by atoms with Gasteiger partial charge in [0, 0.05) is 0 Å². The molecule has 0 aliphatic rings. The molecule has 1 aromatic rings. The third-order valence-electron chi connectivity index (χ3n) is 2.68. The van der Waals surface area contributed by atoms with Gasteiger partial charge in [0.1, 0.15) is 0 Å². The molecule has 0 aliphatic heterocycles. The van der Waals surface area contributed by atoms with E-state index >= 15 is 0 Å². The summed E-state index contributed by atoms with van der Waals surface area (Å²) < 4.78 is 1.05. The molecule has 1 heterocycles. The fraction of sp³-hybridized carbons (Fsp3) is 0.636. The van der Waals surface area contributed by atoms with Crippen molar-refractivity contribution in [2.75, 3.05) is 38.1 Å². The monoisotopic (exact) mass is 327 g/mol. The zero-order chi connectivity index (χ0) is 12.0. The molecule has 0 saturated carbocycles. The van der Waals surface area contributed by atoms with E-state index in [4.69, 9.17) is 0 Å². The molecule has 0 fully saturated rings. The van der Waals surface area contributed by atoms with Gasteiger partial charge in [0.2, 0.25) is 0 Å². The zero-order valence-electron chi connectivity index (χ0n) is 10.3. The van der Waals surface area contributed by atoms with Gasteiger partial charge in [-0.1, -0.05) is 0 Å². The van der Waals surface area contributed by atoms with Crippen LogP contribution in [0.3, 0.4) is 0 Å². The molecular weight excluding hydrogens is 307 g/mol. The number of aromatic nitrogens is 2. The summed E-state index contributed by atoms with van der Waals surface area (Å²) in [7, 11) is 2.07. The Kier molecular flexibility index (Phi) is 6.05. The molecule has 0 bridgehead atoms. The Morgan fingerprint density at radius 1 is 1.12 bits per heavy atom. The number of likely N-dealkylation sites (N-methyl/N-ethyl adjacent to an activating group) is 2. The van der Waals surface area contributed by atoms with E-state index in [0.717, 1.165) is 35.7 Å². The second-order valence-electron chi connectivity index (χ2n) is 3.71. The minimum atomic E-state index is 0.957. The Morgan fingerprint density at radius 3 is 2.31 bits per heavy atom. The van der Waals surface area contributed by atoms with Crippen LogP contribution in [0.25, 0.3) is 0 Å². The molecule has 5 heteroatoms. The molecule has 0 amide bonds. The van der Waals surface area contributed by atoms with Crippen LogP contribution in [0.15, 0.2) is 12.4 Å². The summed E-state index contributed by atoms with van der Waals surface area (Å²) in [4.78, 5) is 13.2. The summed E-state index contributed by atoms with van der Waals surface area (Å²) in [6.07, 6.45) is 3.70. The van der Waals surface area contributed by atoms with Gasteiger partial charge in [0.15, 0.2) is 0 Å². The van der Waals surface area contributed by atoms with Crippen LogP contribution in [0.1, 0.15) is 13.8 Å². The summed E-state index contributed by atoms with van der Waals surface area (Å²) >= 11 is 1.31. The van der Waals surface area contributed by atoms with Crippen LogP contribution >= 0.6 is 0 Å². The number of hydrogen-bond acceptors (Lipinski definition) is 4. The maximum atomic E-state index is 4.38. The Hall–Kier alpha value is -0.361. The van der Waals surface area contributed by atoms with Crippen LogP contribution in [0.5, 0.6) is 0 Å². The van der Waals surface area contributed by atoms with E-state index in [2.05, 4.69) is 40.7 Å². The Labute approximate surface area is 111 Å². The maximum absolute atomic E-state index is 4.38. The number of nitrogens with zero attached hydrogens (tertiary/aromatic N) is 4. The second kappa shape index (κ2) is 7.06. The molecule has 0 N–H and O–H groups in total. The van der Waals surface area contributed by atoms with Crippen molar-refractivity contribution in [2.24, 2.45) is 0 Å². The van der Waals surface area contributed by atoms with Crippen LogP contribution in [-0.2, 0) is 0 Å². The van der Waals surface area contributed by atoms with Gasteiger partial charge in [0.05, 0.1) is 0 Å². The molecule has 1 rings (SSSR count). The predicted octanol–water partition coefficient (Wildman–Crippen LogP) is 0.0484. The molecule has 0 aliphatic carbocycles. The minimum absolute atomic E-state index is 0.957. The van der Waals surface area contributed by atoms with Crippen LogP contribution in [0, 0.1) is 0 Å². The molecular formula is C11H19N4Sn. The van der Waals surface area contributed by atoms with E-state index in [0.29, 0.717) is 0 Å². The number of hydrogen-bond donors (Lipinski definition) is 0. The fourth-order valence-corrected chi connectivity index (χ4v) is 1.83. The molecule has 3 radical (unpaired) electrons. The molecule has 87 valence electrons. The van der Waals surface area contributed by atoms with E-state index in [-0.39, 0.29) is 0 Å². The van der Waals surface area contributed by atoms with Crippen molar-refractivity contribution < 1.29 is 0 Å². The molecule has 4 nitrogen and oxygen atoms in total. The molecule has 0 aromatic carbocycles. The predicted molar refractivity (Wildman–Crippen MR) is 68.5 cm³/mol. The zero-order valence-corrected chi connectivity index (χ0v) is 13.1. The second-order valence-corrected chi connectivity index (χ2v) is 5.17. The number of anilines is 1. The topological polar surface area (TPSA) is 32.3 Å². The summed E-state index contributed by atoms with van der Waals surface area (Å²) in [6, 6.07) is 0. The Bertz CT molecular complexity index is 297. The third-order valence-corrected chi connectivity index (χ3v) is 3.41. The van der Waals surface area contributed by atoms with Gasteiger partial charge in [-0.25, -0.2) is 0 Å². The van der Waals surface area contributed by atoms with Crippen molar-refractivity contribution in [1.82, 2.24) is 14.9 Å². The van der Waals surface area contributed by atoms with Gasteiger partial charge < -0.3 is 0 Å². The molecule has 16 heavy (non-hydrogen) atoms. The van der Waals surface area contributed by atoms with Gasteiger partial charge in [-0.3, -0.25) is 0 Å². The summed E-state index contributed by atoms with van der Waals surface area (Å²) in [5.41, 5.74) is 0. The van der Waals surface area contributed by atoms with Crippen molar-refractivity contribution in [3.63, 3.8) is 0 Å². The van der Waals surface area contributed by atoms with Gasteiger partial charge in [-0.2, -0.15) is 0 Å². The van der Waals surface area contributed by atoms with Crippen molar-refractivity contribution in [2.45, 2.75) is 13.8 Å². The van der Waals surface area contributed by atoms with Crippen LogP contribution < -0.4 is 8.61 Å². The molecule has 0 unspecified atom stereocenters. The first-order valence-corrected chi connectivity index (χ1v) is 7.07. The van der Waals surface area contributed by atoms with Gasteiger partial charge in [0.25, 0.3) is 0 Å². The van der Waals surface area contributed by atoms with E-state index in [1.54, 1.807) is 0 Å². The van der Waals surface area contributed by atoms with Crippen molar-refractivity contribution in [3.8, 4) is 0 Å². The quantitative estimate of drug-likeness (QED) is 0.692. The average Bonchev–Trinajstić information content (AvgIpc) is 2.31. The first-order valence-electron chi connectivity index (χ1n) is 5.64. The van der Waals surface area contributed by atoms with E-state index < -0.39 is 0 Å². The Morgan fingerprint density at radius 2 is 1.81 bits per heavy atom. The van der Waals surface area contributed by atoms with Gasteiger partial charge >= 0.3 is 111 Å². The van der Waals surface area contributed by atoms with Crippen molar-refractivity contribution in [1.29, 1.82) is 0 Å². The molecule has 0 saturated heterocycles. The van der Waals surface area contributed by atoms with Crippen molar-refractivity contribution in [3.05, 3.63) is 12.4 Å². The summed E-state index contributed by atoms with van der Waals surface area (Å²) in [5, 5.41) is 0. The van der Waals surface area contributed by atoms with Crippen molar-refractivity contribution >= 4 is 32.1 Å². The summed E-state index contributed by atoms with van der Waals surface area (Å²) in [6.45, 7) is 8.66. The molecule has 0 atom stereocenters. The standard InChI is InChI=1S/C11H19N4.Sn/c1-4-15(5-2)9-8-14(3)11-10-12-6-7-13-11;/h7,10H,4-5,8-9H2,1-3H3;. The van der Waals surface area contributed by atoms with Crippen LogP contribution in [0.4, 0.5) is 5.82 Å². The van der Waals surface area contributed by atoms with Crippen LogP contribution in [0.2, 0.25) is 0 Å². The first kappa shape index (κ1) is 13.7. The van der Waals surface area contributed by atoms with E-state index in [9.17, 15) is 0 Å².